The molecule has 0 radical (unpaired) electrons. The lowest BCUT2D eigenvalue weighted by Gasteiger charge is -2.07. The molecule has 0 aliphatic rings. The molecule has 5 heteroatoms. The first kappa shape index (κ1) is 14.7. The number of rotatable bonds is 5. The minimum Gasteiger partial charge on any atom is -0.380 e. The molecule has 2 aromatic rings. The molecule has 1 heterocycles. The van der Waals surface area contributed by atoms with E-state index in [4.69, 9.17) is 15.0 Å². The van der Waals surface area contributed by atoms with Crippen molar-refractivity contribution >= 4 is 0 Å². The van der Waals surface area contributed by atoms with E-state index in [1.165, 1.54) is 5.56 Å². The average molecular weight is 275 g/mol. The van der Waals surface area contributed by atoms with Crippen LogP contribution in [0, 0.1) is 20.8 Å². The second-order valence-corrected chi connectivity index (χ2v) is 5.00. The van der Waals surface area contributed by atoms with E-state index < -0.39 is 0 Å². The van der Waals surface area contributed by atoms with Crippen LogP contribution in [0.4, 0.5) is 0 Å². The Balaban J connectivity index is 2.29. The third-order valence-corrected chi connectivity index (χ3v) is 3.17. The Morgan fingerprint density at radius 1 is 1.25 bits per heavy atom. The number of hydrogen-bond donors (Lipinski definition) is 1. The van der Waals surface area contributed by atoms with Gasteiger partial charge in [0, 0.05) is 12.2 Å². The summed E-state index contributed by atoms with van der Waals surface area (Å²) in [5.41, 5.74) is 10.4. The molecule has 2 rings (SSSR count). The number of hydrogen-bond acceptors (Lipinski definition) is 5. The van der Waals surface area contributed by atoms with Crippen molar-refractivity contribution in [2.45, 2.75) is 33.7 Å². The van der Waals surface area contributed by atoms with Crippen LogP contribution in [0.1, 0.15) is 35.5 Å². The van der Waals surface area contributed by atoms with Crippen LogP contribution >= 0.6 is 0 Å². The number of aryl methyl sites for hydroxylation is 3. The van der Waals surface area contributed by atoms with Crippen LogP contribution in [-0.2, 0) is 4.74 Å². The van der Waals surface area contributed by atoms with Gasteiger partial charge in [0.1, 0.15) is 0 Å². The van der Waals surface area contributed by atoms with Gasteiger partial charge in [-0.15, -0.1) is 0 Å². The molecule has 0 aliphatic heterocycles. The van der Waals surface area contributed by atoms with Crippen LogP contribution in [0.5, 0.6) is 0 Å². The van der Waals surface area contributed by atoms with E-state index in [1.807, 2.05) is 20.8 Å². The maximum atomic E-state index is 5.96. The summed E-state index contributed by atoms with van der Waals surface area (Å²) in [7, 11) is 0. The van der Waals surface area contributed by atoms with Crippen molar-refractivity contribution in [2.75, 3.05) is 13.2 Å². The summed E-state index contributed by atoms with van der Waals surface area (Å²) < 4.78 is 10.6. The first-order valence-electron chi connectivity index (χ1n) is 6.78. The predicted molar refractivity (Wildman–Crippen MR) is 77.4 cm³/mol. The Morgan fingerprint density at radius 3 is 2.50 bits per heavy atom. The smallest absolute Gasteiger partial charge is 0.258 e. The molecule has 0 saturated carbocycles. The second kappa shape index (κ2) is 6.15. The molecule has 108 valence electrons. The van der Waals surface area contributed by atoms with Gasteiger partial charge in [-0.05, 0) is 38.8 Å². The number of nitrogens with zero attached hydrogens (tertiary/aromatic N) is 2. The topological polar surface area (TPSA) is 74.2 Å². The maximum absolute atomic E-state index is 5.96. The lowest BCUT2D eigenvalue weighted by atomic mass is 10.00. The molecule has 0 saturated heterocycles. The molecular formula is C15H21N3O2. The van der Waals surface area contributed by atoms with E-state index in [0.29, 0.717) is 24.9 Å². The molecule has 1 unspecified atom stereocenters. The highest BCUT2D eigenvalue weighted by Crippen LogP contribution is 2.27. The molecule has 0 fully saturated rings. The zero-order chi connectivity index (χ0) is 14.7. The van der Waals surface area contributed by atoms with Gasteiger partial charge in [0.05, 0.1) is 12.6 Å². The van der Waals surface area contributed by atoms with Crippen molar-refractivity contribution in [1.82, 2.24) is 10.1 Å². The van der Waals surface area contributed by atoms with Gasteiger partial charge in [-0.1, -0.05) is 22.9 Å². The van der Waals surface area contributed by atoms with Crippen molar-refractivity contribution in [1.29, 1.82) is 0 Å². The van der Waals surface area contributed by atoms with Crippen molar-refractivity contribution in [3.05, 3.63) is 34.6 Å². The lowest BCUT2D eigenvalue weighted by molar-refractivity contribution is 0.130. The summed E-state index contributed by atoms with van der Waals surface area (Å²) in [5.74, 6) is 0.995. The van der Waals surface area contributed by atoms with Crippen molar-refractivity contribution < 1.29 is 9.26 Å². The molecule has 0 aliphatic carbocycles. The van der Waals surface area contributed by atoms with Gasteiger partial charge in [0.2, 0.25) is 0 Å². The fourth-order valence-electron chi connectivity index (χ4n) is 2.32. The van der Waals surface area contributed by atoms with Crippen LogP contribution in [-0.4, -0.2) is 23.4 Å². The van der Waals surface area contributed by atoms with E-state index in [9.17, 15) is 0 Å². The summed E-state index contributed by atoms with van der Waals surface area (Å²) in [6, 6.07) is 3.84. The quantitative estimate of drug-likeness (QED) is 0.908. The van der Waals surface area contributed by atoms with Crippen LogP contribution in [0.2, 0.25) is 0 Å². The number of aromatic nitrogens is 2. The largest absolute Gasteiger partial charge is 0.380 e. The predicted octanol–water partition coefficient (Wildman–Crippen LogP) is 2.70. The van der Waals surface area contributed by atoms with Crippen LogP contribution in [0.25, 0.3) is 11.5 Å². The van der Waals surface area contributed by atoms with Gasteiger partial charge in [-0.25, -0.2) is 0 Å². The van der Waals surface area contributed by atoms with Gasteiger partial charge in [-0.3, -0.25) is 0 Å². The first-order valence-corrected chi connectivity index (χ1v) is 6.78. The Bertz CT molecular complexity index is 570. The monoisotopic (exact) mass is 275 g/mol. The van der Waals surface area contributed by atoms with E-state index in [2.05, 4.69) is 29.2 Å². The Hall–Kier alpha value is -1.72. The van der Waals surface area contributed by atoms with Crippen molar-refractivity contribution in [3.63, 3.8) is 0 Å². The summed E-state index contributed by atoms with van der Waals surface area (Å²) in [6.45, 7) is 9.09. The fourth-order valence-corrected chi connectivity index (χ4v) is 2.32. The lowest BCUT2D eigenvalue weighted by Crippen LogP contribution is -2.18. The Morgan fingerprint density at radius 2 is 1.90 bits per heavy atom. The van der Waals surface area contributed by atoms with Crippen molar-refractivity contribution in [3.8, 4) is 11.5 Å². The van der Waals surface area contributed by atoms with Gasteiger partial charge >= 0.3 is 0 Å². The van der Waals surface area contributed by atoms with E-state index in [-0.39, 0.29) is 6.04 Å². The number of nitrogens with two attached hydrogens (primary N) is 1. The molecule has 0 bridgehead atoms. The zero-order valence-electron chi connectivity index (χ0n) is 12.4. The van der Waals surface area contributed by atoms with E-state index in [0.717, 1.165) is 16.7 Å². The summed E-state index contributed by atoms with van der Waals surface area (Å²) in [4.78, 5) is 4.40. The standard InChI is InChI=1S/C15H21N3O2/c1-5-19-8-12(16)14-17-15(20-18-14)13-10(3)6-9(2)7-11(13)4/h6-7,12H,5,8,16H2,1-4H3. The summed E-state index contributed by atoms with van der Waals surface area (Å²) >= 11 is 0. The summed E-state index contributed by atoms with van der Waals surface area (Å²) in [5, 5.41) is 3.96. The van der Waals surface area contributed by atoms with Crippen LogP contribution < -0.4 is 5.73 Å². The van der Waals surface area contributed by atoms with Gasteiger partial charge in [-0.2, -0.15) is 4.98 Å². The van der Waals surface area contributed by atoms with E-state index >= 15 is 0 Å². The van der Waals surface area contributed by atoms with E-state index in [1.54, 1.807) is 0 Å². The molecule has 0 spiro atoms. The van der Waals surface area contributed by atoms with Crippen LogP contribution in [0.15, 0.2) is 16.7 Å². The van der Waals surface area contributed by atoms with Crippen molar-refractivity contribution in [2.24, 2.45) is 5.73 Å². The van der Waals surface area contributed by atoms with Gasteiger partial charge in [0.25, 0.3) is 5.89 Å². The normalized spacial score (nSPS) is 12.7. The molecule has 5 nitrogen and oxygen atoms in total. The maximum Gasteiger partial charge on any atom is 0.258 e. The second-order valence-electron chi connectivity index (χ2n) is 5.00. The minimum absolute atomic E-state index is 0.362. The Labute approximate surface area is 119 Å². The average Bonchev–Trinajstić information content (AvgIpc) is 2.84. The van der Waals surface area contributed by atoms with Gasteiger partial charge < -0.3 is 15.0 Å². The molecule has 1 atom stereocenters. The minimum atomic E-state index is -0.362. The Kier molecular flexibility index (Phi) is 4.52. The zero-order valence-corrected chi connectivity index (χ0v) is 12.4. The molecule has 20 heavy (non-hydrogen) atoms. The fraction of sp³-hybridized carbons (Fsp3) is 0.467. The number of benzene rings is 1. The molecular weight excluding hydrogens is 254 g/mol. The highest BCUT2D eigenvalue weighted by molar-refractivity contribution is 5.63. The molecule has 2 N–H and O–H groups in total. The SMILES string of the molecule is CCOCC(N)c1noc(-c2c(C)cc(C)cc2C)n1. The highest BCUT2D eigenvalue weighted by Gasteiger charge is 2.18. The van der Waals surface area contributed by atoms with Crippen LogP contribution in [0.3, 0.4) is 0 Å². The molecule has 0 amide bonds. The summed E-state index contributed by atoms with van der Waals surface area (Å²) in [6.07, 6.45) is 0. The number of ether oxygens (including phenoxy) is 1. The molecule has 1 aromatic carbocycles. The van der Waals surface area contributed by atoms with Gasteiger partial charge in [0.15, 0.2) is 5.82 Å². The third kappa shape index (κ3) is 3.05. The highest BCUT2D eigenvalue weighted by atomic mass is 16.5. The first-order chi connectivity index (χ1) is 9.52. The molecule has 1 aromatic heterocycles. The third-order valence-electron chi connectivity index (χ3n) is 3.17.